The van der Waals surface area contributed by atoms with Gasteiger partial charge in [0.1, 0.15) is 5.82 Å². The van der Waals surface area contributed by atoms with E-state index in [0.29, 0.717) is 18.4 Å². The number of anilines is 1. The van der Waals surface area contributed by atoms with Gasteiger partial charge in [0.25, 0.3) is 0 Å². The van der Waals surface area contributed by atoms with Gasteiger partial charge >= 0.3 is 0 Å². The monoisotopic (exact) mass is 336 g/mol. The number of rotatable bonds is 7. The molecule has 0 unspecified atom stereocenters. The van der Waals surface area contributed by atoms with Gasteiger partial charge in [-0.15, -0.1) is 0 Å². The average Bonchev–Trinajstić information content (AvgIpc) is 2.58. The first kappa shape index (κ1) is 18.5. The lowest BCUT2D eigenvalue weighted by Gasteiger charge is -2.36. The van der Waals surface area contributed by atoms with Gasteiger partial charge in [0.15, 0.2) is 5.96 Å². The van der Waals surface area contributed by atoms with Crippen LogP contribution in [0.5, 0.6) is 0 Å². The lowest BCUT2D eigenvalue weighted by atomic mass is 10.2. The highest BCUT2D eigenvalue weighted by molar-refractivity contribution is 5.78. The molecule has 5 nitrogen and oxygen atoms in total. The molecular formula is C18H29FN4O. The Balaban J connectivity index is 1.69. The van der Waals surface area contributed by atoms with Crippen molar-refractivity contribution >= 4 is 11.6 Å². The summed E-state index contributed by atoms with van der Waals surface area (Å²) in [6.45, 7) is 9.88. The fourth-order valence-corrected chi connectivity index (χ4v) is 2.62. The highest BCUT2D eigenvalue weighted by atomic mass is 19.1. The predicted octanol–water partition coefficient (Wildman–Crippen LogP) is 2.33. The standard InChI is InChI=1S/C18H29FN4O/c1-15(2)14-24-13-3-8-21-18(20)23-11-9-22(10-12-23)17-6-4-16(19)5-7-17/h4-7,15H,3,8-14H2,1-2H3,(H2,20,21). The maximum absolute atomic E-state index is 13.0. The molecule has 2 rings (SSSR count). The number of benzene rings is 1. The van der Waals surface area contributed by atoms with Gasteiger partial charge < -0.3 is 20.3 Å². The van der Waals surface area contributed by atoms with Crippen molar-refractivity contribution in [2.24, 2.45) is 16.6 Å². The quantitative estimate of drug-likeness (QED) is 0.472. The van der Waals surface area contributed by atoms with Crippen LogP contribution in [0.25, 0.3) is 0 Å². The maximum Gasteiger partial charge on any atom is 0.191 e. The molecule has 0 aromatic heterocycles. The Morgan fingerprint density at radius 1 is 1.21 bits per heavy atom. The zero-order chi connectivity index (χ0) is 17.4. The van der Waals surface area contributed by atoms with Crippen LogP contribution >= 0.6 is 0 Å². The van der Waals surface area contributed by atoms with Crippen molar-refractivity contribution in [1.82, 2.24) is 4.90 Å². The van der Waals surface area contributed by atoms with Crippen LogP contribution in [0.2, 0.25) is 0 Å². The average molecular weight is 336 g/mol. The number of nitrogens with two attached hydrogens (primary N) is 1. The second-order valence-corrected chi connectivity index (χ2v) is 6.51. The topological polar surface area (TPSA) is 54.1 Å². The summed E-state index contributed by atoms with van der Waals surface area (Å²) in [5.41, 5.74) is 7.13. The molecule has 134 valence electrons. The SMILES string of the molecule is CC(C)COCCCN=C(N)N1CCN(c2ccc(F)cc2)CC1. The van der Waals surface area contributed by atoms with E-state index >= 15 is 0 Å². The van der Waals surface area contributed by atoms with Gasteiger partial charge in [0.2, 0.25) is 0 Å². The molecule has 1 heterocycles. The summed E-state index contributed by atoms with van der Waals surface area (Å²) in [7, 11) is 0. The highest BCUT2D eigenvalue weighted by Crippen LogP contribution is 2.16. The van der Waals surface area contributed by atoms with E-state index in [1.165, 1.54) is 12.1 Å². The maximum atomic E-state index is 13.0. The Morgan fingerprint density at radius 3 is 2.50 bits per heavy atom. The number of piperazine rings is 1. The van der Waals surface area contributed by atoms with Crippen molar-refractivity contribution < 1.29 is 9.13 Å². The zero-order valence-electron chi connectivity index (χ0n) is 14.7. The van der Waals surface area contributed by atoms with E-state index < -0.39 is 0 Å². The van der Waals surface area contributed by atoms with Crippen LogP contribution < -0.4 is 10.6 Å². The van der Waals surface area contributed by atoms with Gasteiger partial charge in [0.05, 0.1) is 0 Å². The molecule has 0 saturated carbocycles. The summed E-state index contributed by atoms with van der Waals surface area (Å²) in [6, 6.07) is 6.64. The molecule has 6 heteroatoms. The van der Waals surface area contributed by atoms with Gasteiger partial charge in [-0.05, 0) is 36.6 Å². The molecule has 1 aliphatic rings. The molecule has 1 saturated heterocycles. The third-order valence-corrected chi connectivity index (χ3v) is 3.97. The van der Waals surface area contributed by atoms with Crippen LogP contribution in [0.3, 0.4) is 0 Å². The summed E-state index contributed by atoms with van der Waals surface area (Å²) in [4.78, 5) is 8.79. The number of hydrogen-bond acceptors (Lipinski definition) is 3. The van der Waals surface area contributed by atoms with Gasteiger partial charge in [-0.2, -0.15) is 0 Å². The third-order valence-electron chi connectivity index (χ3n) is 3.97. The van der Waals surface area contributed by atoms with Crippen molar-refractivity contribution in [3.63, 3.8) is 0 Å². The van der Waals surface area contributed by atoms with Crippen LogP contribution in [0.1, 0.15) is 20.3 Å². The minimum Gasteiger partial charge on any atom is -0.381 e. The molecule has 0 radical (unpaired) electrons. The molecule has 1 aromatic rings. The first-order valence-electron chi connectivity index (χ1n) is 8.69. The molecule has 1 fully saturated rings. The van der Waals surface area contributed by atoms with E-state index in [-0.39, 0.29) is 5.82 Å². The van der Waals surface area contributed by atoms with Gasteiger partial charge in [-0.1, -0.05) is 13.8 Å². The fourth-order valence-electron chi connectivity index (χ4n) is 2.62. The Bertz CT molecular complexity index is 510. The van der Waals surface area contributed by atoms with Gasteiger partial charge in [-0.25, -0.2) is 4.39 Å². The summed E-state index contributed by atoms with van der Waals surface area (Å²) in [6.07, 6.45) is 0.892. The van der Waals surface area contributed by atoms with E-state index in [0.717, 1.165) is 51.5 Å². The van der Waals surface area contributed by atoms with E-state index in [4.69, 9.17) is 10.5 Å². The van der Waals surface area contributed by atoms with Crippen LogP contribution in [-0.2, 0) is 4.74 Å². The molecule has 0 bridgehead atoms. The van der Waals surface area contributed by atoms with Crippen molar-refractivity contribution in [1.29, 1.82) is 0 Å². The molecule has 1 aliphatic heterocycles. The number of halogens is 1. The molecule has 0 aliphatic carbocycles. The number of aliphatic imine (C=N–C) groups is 1. The third kappa shape index (κ3) is 6.00. The van der Waals surface area contributed by atoms with Crippen molar-refractivity contribution in [2.75, 3.05) is 50.8 Å². The molecule has 2 N–H and O–H groups in total. The summed E-state index contributed by atoms with van der Waals surface area (Å²) < 4.78 is 18.5. The van der Waals surface area contributed by atoms with Crippen molar-refractivity contribution in [3.8, 4) is 0 Å². The van der Waals surface area contributed by atoms with Gasteiger partial charge in [0, 0.05) is 51.6 Å². The summed E-state index contributed by atoms with van der Waals surface area (Å²) in [5.74, 6) is 0.972. The number of ether oxygens (including phenoxy) is 1. The second kappa shape index (κ2) is 9.47. The first-order chi connectivity index (χ1) is 11.6. The smallest absolute Gasteiger partial charge is 0.191 e. The molecule has 24 heavy (non-hydrogen) atoms. The Hall–Kier alpha value is -1.82. The first-order valence-corrected chi connectivity index (χ1v) is 8.69. The molecule has 0 atom stereocenters. The minimum atomic E-state index is -0.203. The number of hydrogen-bond donors (Lipinski definition) is 1. The second-order valence-electron chi connectivity index (χ2n) is 6.51. The van der Waals surface area contributed by atoms with Gasteiger partial charge in [-0.3, -0.25) is 4.99 Å². The summed E-state index contributed by atoms with van der Waals surface area (Å²) >= 11 is 0. The Morgan fingerprint density at radius 2 is 1.88 bits per heavy atom. The Labute approximate surface area is 144 Å². The lowest BCUT2D eigenvalue weighted by molar-refractivity contribution is 0.109. The van der Waals surface area contributed by atoms with Crippen LogP contribution in [0.15, 0.2) is 29.3 Å². The minimum absolute atomic E-state index is 0.203. The highest BCUT2D eigenvalue weighted by Gasteiger charge is 2.18. The van der Waals surface area contributed by atoms with Crippen LogP contribution in [0.4, 0.5) is 10.1 Å². The molecule has 0 spiro atoms. The van der Waals surface area contributed by atoms with E-state index in [2.05, 4.69) is 28.6 Å². The molecule has 0 amide bonds. The zero-order valence-corrected chi connectivity index (χ0v) is 14.7. The predicted molar refractivity (Wildman–Crippen MR) is 96.9 cm³/mol. The van der Waals surface area contributed by atoms with E-state index in [9.17, 15) is 4.39 Å². The van der Waals surface area contributed by atoms with E-state index in [1.54, 1.807) is 0 Å². The Kier molecular flexibility index (Phi) is 7.31. The summed E-state index contributed by atoms with van der Waals surface area (Å²) in [5, 5.41) is 0. The molecule has 1 aromatic carbocycles. The van der Waals surface area contributed by atoms with E-state index in [1.807, 2.05) is 12.1 Å². The normalized spacial score (nSPS) is 16.1. The van der Waals surface area contributed by atoms with Crippen LogP contribution in [-0.4, -0.2) is 56.8 Å². The van der Waals surface area contributed by atoms with Crippen molar-refractivity contribution in [2.45, 2.75) is 20.3 Å². The van der Waals surface area contributed by atoms with Crippen LogP contribution in [0, 0.1) is 11.7 Å². The number of guanidine groups is 1. The van der Waals surface area contributed by atoms with Crippen molar-refractivity contribution in [3.05, 3.63) is 30.1 Å². The lowest BCUT2D eigenvalue weighted by Crippen LogP contribution is -2.51. The molecular weight excluding hydrogens is 307 g/mol. The fraction of sp³-hybridized carbons (Fsp3) is 0.611. The number of nitrogens with zero attached hydrogens (tertiary/aromatic N) is 3. The largest absolute Gasteiger partial charge is 0.381 e.